The van der Waals surface area contributed by atoms with Gasteiger partial charge in [-0.15, -0.1) is 0 Å². The zero-order chi connectivity index (χ0) is 60.2. The van der Waals surface area contributed by atoms with Crippen LogP contribution in [0.15, 0.2) is 127 Å². The molecular weight excluding hydrogens is 1100 g/mol. The molecule has 0 spiro atoms. The van der Waals surface area contributed by atoms with E-state index in [1.165, 1.54) is 18.2 Å². The van der Waals surface area contributed by atoms with Crippen molar-refractivity contribution in [2.45, 2.75) is 67.7 Å². The number of aromatic nitrogens is 14. The maximum atomic E-state index is 15.2. The molecule has 0 amide bonds. The molecule has 0 unspecified atom stereocenters. The van der Waals surface area contributed by atoms with Crippen molar-refractivity contribution in [3.63, 3.8) is 0 Å². The van der Waals surface area contributed by atoms with E-state index in [1.54, 1.807) is 73.6 Å². The number of benzene rings is 7. The number of alkyl halides is 6. The average Bonchev–Trinajstić information content (AvgIpc) is 3.96. The normalized spacial score (nSPS) is 12.1. The van der Waals surface area contributed by atoms with E-state index in [9.17, 15) is 5.26 Å². The van der Waals surface area contributed by atoms with Crippen molar-refractivity contribution >= 4 is 43.6 Å². The predicted octanol–water partition coefficient (Wildman–Crippen LogP) is 15.0. The van der Waals surface area contributed by atoms with Gasteiger partial charge in [-0.1, -0.05) is 12.1 Å². The first-order chi connectivity index (χ1) is 41.1. The molecule has 0 fully saturated rings. The highest BCUT2D eigenvalue weighted by Crippen LogP contribution is 2.48. The van der Waals surface area contributed by atoms with Crippen LogP contribution in [0.1, 0.15) is 63.3 Å². The Balaban J connectivity index is 1.12. The van der Waals surface area contributed by atoms with Gasteiger partial charge >= 0.3 is 12.4 Å². The monoisotopic (exact) mass is 1150 g/mol. The van der Waals surface area contributed by atoms with Crippen molar-refractivity contribution in [2.24, 2.45) is 0 Å². The van der Waals surface area contributed by atoms with Crippen molar-refractivity contribution in [2.75, 3.05) is 0 Å². The zero-order valence-corrected chi connectivity index (χ0v) is 47.1. The van der Waals surface area contributed by atoms with Crippen molar-refractivity contribution in [1.29, 1.82) is 5.26 Å². The summed E-state index contributed by atoms with van der Waals surface area (Å²) in [5, 5.41) is 14.1. The number of rotatable bonds is 8. The number of hydrogen-bond donors (Lipinski definition) is 0. The van der Waals surface area contributed by atoms with Crippen LogP contribution >= 0.6 is 0 Å². The lowest BCUT2D eigenvalue weighted by atomic mass is 9.89. The van der Waals surface area contributed by atoms with Crippen LogP contribution in [0.5, 0.6) is 0 Å². The first-order valence-electron chi connectivity index (χ1n) is 27.0. The molecule has 0 radical (unpaired) electrons. The van der Waals surface area contributed by atoms with Gasteiger partial charge in [0.2, 0.25) is 0 Å². The van der Waals surface area contributed by atoms with Crippen LogP contribution in [0.3, 0.4) is 0 Å². The first kappa shape index (κ1) is 54.5. The highest BCUT2D eigenvalue weighted by molar-refractivity contribution is 6.13. The first-order valence-corrected chi connectivity index (χ1v) is 27.0. The lowest BCUT2D eigenvalue weighted by Crippen LogP contribution is -2.14. The molecule has 0 saturated carbocycles. The molecule has 0 bridgehead atoms. The number of hydrogen-bond acceptors (Lipinski definition) is 13. The Morgan fingerprint density at radius 3 is 1.02 bits per heavy atom. The van der Waals surface area contributed by atoms with Gasteiger partial charge in [0, 0.05) is 66.2 Å². The van der Waals surface area contributed by atoms with E-state index in [0.29, 0.717) is 148 Å². The summed E-state index contributed by atoms with van der Waals surface area (Å²) in [6.45, 7) is 14.2. The molecule has 422 valence electrons. The van der Waals surface area contributed by atoms with Gasteiger partial charge in [0.25, 0.3) is 0 Å². The van der Waals surface area contributed by atoms with Gasteiger partial charge in [0.15, 0.2) is 23.3 Å². The summed E-state index contributed by atoms with van der Waals surface area (Å²) >= 11 is 0. The van der Waals surface area contributed by atoms with Crippen LogP contribution in [0.25, 0.3) is 123 Å². The maximum Gasteiger partial charge on any atom is 0.417 e. The second kappa shape index (κ2) is 20.3. The van der Waals surface area contributed by atoms with E-state index in [1.807, 2.05) is 81.9 Å². The Kier molecular flexibility index (Phi) is 12.8. The lowest BCUT2D eigenvalue weighted by molar-refractivity contribution is -0.142. The molecule has 6 heterocycles. The summed E-state index contributed by atoms with van der Waals surface area (Å²) in [6.07, 6.45) is -10.4. The number of halogens is 6. The topological polar surface area (TPSA) is 188 Å². The molecule has 0 aliphatic heterocycles. The molecule has 6 aromatic heterocycles. The van der Waals surface area contributed by atoms with Crippen molar-refractivity contribution in [3.8, 4) is 85.2 Å². The lowest BCUT2D eigenvalue weighted by Gasteiger charge is -2.22. The van der Waals surface area contributed by atoms with E-state index in [2.05, 4.69) is 65.9 Å². The van der Waals surface area contributed by atoms with Crippen LogP contribution in [-0.2, 0) is 12.4 Å². The second-order valence-corrected chi connectivity index (χ2v) is 20.9. The minimum absolute atomic E-state index is 0.0743. The quantitative estimate of drug-likeness (QED) is 0.131. The smallest absolute Gasteiger partial charge is 0.309 e. The minimum atomic E-state index is -5.21. The number of aryl methyl sites for hydroxylation is 8. The number of nitrogens with zero attached hydrogens (tertiary/aromatic N) is 15. The molecule has 15 nitrogen and oxygen atoms in total. The Labute approximate surface area is 485 Å². The Bertz CT molecular complexity index is 4730. The zero-order valence-electron chi connectivity index (χ0n) is 47.1. The Morgan fingerprint density at radius 2 is 0.686 bits per heavy atom. The molecule has 0 aliphatic carbocycles. The van der Waals surface area contributed by atoms with Gasteiger partial charge in [-0.2, -0.15) is 31.6 Å². The van der Waals surface area contributed by atoms with Gasteiger partial charge in [-0.25, -0.2) is 59.8 Å². The fourth-order valence-corrected chi connectivity index (χ4v) is 11.5. The number of fused-ring (bicyclic) bond motifs is 6. The molecule has 0 saturated heterocycles. The van der Waals surface area contributed by atoms with Crippen molar-refractivity contribution in [1.82, 2.24) is 68.9 Å². The van der Waals surface area contributed by atoms with Crippen LogP contribution in [0, 0.1) is 66.7 Å². The molecular formula is C65H45F6N15. The average molecular weight is 1150 g/mol. The van der Waals surface area contributed by atoms with Crippen molar-refractivity contribution in [3.05, 3.63) is 191 Å². The molecule has 0 atom stereocenters. The third kappa shape index (κ3) is 9.63. The SMILES string of the molecule is Cc1nc(C)nc(-c2ccc3c(c2)c2cc(-c4nc(C)nc(C)n4)ccc2n3-c2ccc(C#N)c(-c3cc(-c4c(C(F)(F)F)cccc4C(F)(F)F)ccc3-n3c4ccc(-c5nc(C)nc(C)n5)cc4c4cc(-c5nc(C)nc(C)n5)ccc43)c2)n1. The van der Waals surface area contributed by atoms with Crippen molar-refractivity contribution < 1.29 is 26.3 Å². The highest BCUT2D eigenvalue weighted by Gasteiger charge is 2.41. The molecule has 86 heavy (non-hydrogen) atoms. The van der Waals surface area contributed by atoms with Crippen LogP contribution in [-0.4, -0.2) is 68.9 Å². The van der Waals surface area contributed by atoms with Crippen LogP contribution in [0.2, 0.25) is 0 Å². The number of nitriles is 1. The standard InChI is InChI=1S/C65H45F6N15/c1-31-73-32(2)78-60(77-31)40-14-20-54-48(25-40)49-26-41(61-79-33(3)74-34(4)80-61)15-21-55(49)85(54)45-18-12-44(30-72)46(29-45)47-24-39(59-52(64(66,67)68)10-9-11-53(59)65(69,70)71)13-19-56(47)86-57-22-16-42(62-81-35(5)75-36(6)82-62)27-50(57)51-28-43(17-23-58(51)86)63-83-37(7)76-38(8)84-63/h9-29H,1-8H3. The van der Waals surface area contributed by atoms with Gasteiger partial charge in [0.1, 0.15) is 46.6 Å². The minimum Gasteiger partial charge on any atom is -0.309 e. The summed E-state index contributed by atoms with van der Waals surface area (Å²) in [7, 11) is 0. The van der Waals surface area contributed by atoms with E-state index in [-0.39, 0.29) is 16.7 Å². The van der Waals surface area contributed by atoms with Gasteiger partial charge in [-0.3, -0.25) is 0 Å². The second-order valence-electron chi connectivity index (χ2n) is 20.9. The predicted molar refractivity (Wildman–Crippen MR) is 314 cm³/mol. The summed E-state index contributed by atoms with van der Waals surface area (Å²) in [5.74, 6) is 5.88. The molecule has 13 rings (SSSR count). The summed E-state index contributed by atoms with van der Waals surface area (Å²) < 4.78 is 95.1. The molecule has 7 aromatic carbocycles. The molecule has 13 aromatic rings. The summed E-state index contributed by atoms with van der Waals surface area (Å²) in [5.41, 5.74) is 2.05. The Hall–Kier alpha value is -10.8. The molecule has 0 N–H and O–H groups in total. The molecule has 21 heteroatoms. The van der Waals surface area contributed by atoms with Gasteiger partial charge in [0.05, 0.1) is 50.5 Å². The Morgan fingerprint density at radius 1 is 0.349 bits per heavy atom. The van der Waals surface area contributed by atoms with E-state index < -0.39 is 34.6 Å². The largest absolute Gasteiger partial charge is 0.417 e. The van der Waals surface area contributed by atoms with Gasteiger partial charge < -0.3 is 9.13 Å². The third-order valence-corrected chi connectivity index (χ3v) is 14.9. The third-order valence-electron chi connectivity index (χ3n) is 14.9. The maximum absolute atomic E-state index is 15.2. The van der Waals surface area contributed by atoms with Crippen LogP contribution in [0.4, 0.5) is 26.3 Å². The summed E-state index contributed by atoms with van der Waals surface area (Å²) in [6, 6.07) is 36.3. The van der Waals surface area contributed by atoms with Gasteiger partial charge in [-0.05, 0) is 176 Å². The summed E-state index contributed by atoms with van der Waals surface area (Å²) in [4.78, 5) is 54.8. The fraction of sp³-hybridized carbons (Fsp3) is 0.154. The van der Waals surface area contributed by atoms with E-state index >= 15 is 26.3 Å². The molecule has 0 aliphatic rings. The highest BCUT2D eigenvalue weighted by atomic mass is 19.4. The van der Waals surface area contributed by atoms with Crippen LogP contribution < -0.4 is 0 Å². The fourth-order valence-electron chi connectivity index (χ4n) is 11.5. The van der Waals surface area contributed by atoms with E-state index in [0.717, 1.165) is 16.8 Å². The van der Waals surface area contributed by atoms with E-state index in [4.69, 9.17) is 0 Å².